The summed E-state index contributed by atoms with van der Waals surface area (Å²) in [6.07, 6.45) is -1.93. The molecule has 2 aromatic rings. The van der Waals surface area contributed by atoms with E-state index >= 15 is 0 Å². The average molecular weight is 434 g/mol. The van der Waals surface area contributed by atoms with E-state index in [0.29, 0.717) is 23.6 Å². The monoisotopic (exact) mass is 434 g/mol. The molecular weight excluding hydrogens is 413 g/mol. The van der Waals surface area contributed by atoms with E-state index in [1.807, 2.05) is 6.07 Å². The molecule has 1 aliphatic carbocycles. The number of nitrogens with one attached hydrogen (secondary N) is 1. The highest BCUT2D eigenvalue weighted by atomic mass is 19.4. The number of hydrogen-bond donors (Lipinski definition) is 2. The fraction of sp³-hybridized carbons (Fsp3) is 0.364. The van der Waals surface area contributed by atoms with Crippen molar-refractivity contribution in [1.82, 2.24) is 10.4 Å². The van der Waals surface area contributed by atoms with Gasteiger partial charge in [-0.25, -0.2) is 5.06 Å². The molecule has 1 spiro atoms. The van der Waals surface area contributed by atoms with Crippen molar-refractivity contribution in [3.63, 3.8) is 0 Å². The summed E-state index contributed by atoms with van der Waals surface area (Å²) in [7, 11) is 0. The molecule has 164 valence electrons. The van der Waals surface area contributed by atoms with Crippen molar-refractivity contribution in [2.75, 3.05) is 6.54 Å². The minimum atomic E-state index is -4.79. The summed E-state index contributed by atoms with van der Waals surface area (Å²) < 4.78 is 40.5. The molecule has 6 nitrogen and oxygen atoms in total. The zero-order chi connectivity index (χ0) is 22.2. The molecule has 2 amide bonds. The van der Waals surface area contributed by atoms with Gasteiger partial charge in [0, 0.05) is 12.1 Å². The molecule has 1 fully saturated rings. The summed E-state index contributed by atoms with van der Waals surface area (Å²) in [5.74, 6) is -0.961. The lowest BCUT2D eigenvalue weighted by Gasteiger charge is -2.32. The van der Waals surface area contributed by atoms with Gasteiger partial charge in [0.1, 0.15) is 5.75 Å². The Balaban J connectivity index is 1.45. The van der Waals surface area contributed by atoms with Crippen LogP contribution in [0.2, 0.25) is 0 Å². The molecule has 0 radical (unpaired) electrons. The quantitative estimate of drug-likeness (QED) is 0.569. The Morgan fingerprint density at radius 3 is 2.52 bits per heavy atom. The third kappa shape index (κ3) is 4.51. The number of halogens is 3. The van der Waals surface area contributed by atoms with Gasteiger partial charge in [0.25, 0.3) is 5.91 Å². The van der Waals surface area contributed by atoms with Crippen LogP contribution in [0.5, 0.6) is 5.75 Å². The summed E-state index contributed by atoms with van der Waals surface area (Å²) in [5.41, 5.74) is 2.31. The highest BCUT2D eigenvalue weighted by Crippen LogP contribution is 2.41. The van der Waals surface area contributed by atoms with Crippen LogP contribution in [0, 0.1) is 5.41 Å². The average Bonchev–Trinajstić information content (AvgIpc) is 3.06. The van der Waals surface area contributed by atoms with Crippen LogP contribution in [0.3, 0.4) is 0 Å². The van der Waals surface area contributed by atoms with Crippen molar-refractivity contribution in [2.24, 2.45) is 5.41 Å². The molecule has 1 aliphatic heterocycles. The van der Waals surface area contributed by atoms with Gasteiger partial charge in [0.2, 0.25) is 5.91 Å². The number of carbonyl (C=O) groups is 2. The molecule has 1 atom stereocenters. The van der Waals surface area contributed by atoms with Gasteiger partial charge in [-0.2, -0.15) is 0 Å². The molecule has 2 N–H and O–H groups in total. The van der Waals surface area contributed by atoms with Crippen molar-refractivity contribution >= 4 is 11.8 Å². The topological polar surface area (TPSA) is 78.9 Å². The Morgan fingerprint density at radius 2 is 1.87 bits per heavy atom. The fourth-order valence-corrected chi connectivity index (χ4v) is 4.31. The van der Waals surface area contributed by atoms with Gasteiger partial charge in [-0.05, 0) is 66.6 Å². The lowest BCUT2D eigenvalue weighted by molar-refractivity contribution is -0.274. The van der Waals surface area contributed by atoms with E-state index in [-0.39, 0.29) is 23.8 Å². The molecule has 0 unspecified atom stereocenters. The number of amides is 2. The number of nitrogens with zero attached hydrogens (tertiary/aromatic N) is 1. The largest absolute Gasteiger partial charge is 0.573 e. The van der Waals surface area contributed by atoms with Crippen LogP contribution in [0.4, 0.5) is 13.2 Å². The van der Waals surface area contributed by atoms with Crippen molar-refractivity contribution in [3.05, 3.63) is 64.7 Å². The number of rotatable bonds is 4. The molecule has 1 heterocycles. The number of alkyl halides is 3. The summed E-state index contributed by atoms with van der Waals surface area (Å²) in [6.45, 7) is 0.457. The fourth-order valence-electron chi connectivity index (χ4n) is 4.31. The lowest BCUT2D eigenvalue weighted by atomic mass is 9.70. The first kappa shape index (κ1) is 21.2. The first-order valence-corrected chi connectivity index (χ1v) is 9.91. The van der Waals surface area contributed by atoms with Crippen molar-refractivity contribution in [1.29, 1.82) is 0 Å². The van der Waals surface area contributed by atoms with E-state index in [4.69, 9.17) is 0 Å². The minimum Gasteiger partial charge on any atom is -0.406 e. The molecule has 2 aromatic carbocycles. The van der Waals surface area contributed by atoms with E-state index in [2.05, 4.69) is 10.1 Å². The highest BCUT2D eigenvalue weighted by Gasteiger charge is 2.44. The molecule has 0 bridgehead atoms. The maximum Gasteiger partial charge on any atom is 0.573 e. The second-order valence-corrected chi connectivity index (χ2v) is 8.00. The first-order valence-electron chi connectivity index (χ1n) is 9.91. The number of fused-ring (bicyclic) bond motifs is 1. The second kappa shape index (κ2) is 7.88. The molecule has 31 heavy (non-hydrogen) atoms. The van der Waals surface area contributed by atoms with Gasteiger partial charge in [-0.1, -0.05) is 18.2 Å². The summed E-state index contributed by atoms with van der Waals surface area (Å²) in [6, 6.07) is 10.1. The number of ether oxygens (including phenoxy) is 1. The van der Waals surface area contributed by atoms with Gasteiger partial charge in [0.05, 0.1) is 12.0 Å². The van der Waals surface area contributed by atoms with Crippen LogP contribution < -0.4 is 10.1 Å². The number of carbonyl (C=O) groups excluding carboxylic acids is 2. The van der Waals surface area contributed by atoms with E-state index < -0.39 is 17.7 Å². The second-order valence-electron chi connectivity index (χ2n) is 8.00. The molecule has 2 aliphatic rings. The van der Waals surface area contributed by atoms with Gasteiger partial charge in [0.15, 0.2) is 0 Å². The predicted octanol–water partition coefficient (Wildman–Crippen LogP) is 3.61. The van der Waals surface area contributed by atoms with Crippen LogP contribution in [-0.2, 0) is 24.2 Å². The van der Waals surface area contributed by atoms with Gasteiger partial charge in [-0.3, -0.25) is 14.8 Å². The van der Waals surface area contributed by atoms with Crippen LogP contribution in [0.25, 0.3) is 0 Å². The number of aryl methyl sites for hydroxylation is 1. The molecule has 1 saturated heterocycles. The van der Waals surface area contributed by atoms with Gasteiger partial charge >= 0.3 is 6.36 Å². The van der Waals surface area contributed by atoms with Crippen LogP contribution in [-0.4, -0.2) is 35.0 Å². The van der Waals surface area contributed by atoms with E-state index in [1.54, 1.807) is 12.1 Å². The van der Waals surface area contributed by atoms with Crippen LogP contribution in [0.1, 0.15) is 39.9 Å². The summed E-state index contributed by atoms with van der Waals surface area (Å²) >= 11 is 0. The van der Waals surface area contributed by atoms with Gasteiger partial charge in [-0.15, -0.1) is 13.2 Å². The van der Waals surface area contributed by atoms with Gasteiger partial charge < -0.3 is 10.1 Å². The normalized spacial score (nSPS) is 20.3. The third-order valence-electron chi connectivity index (χ3n) is 5.95. The first-order chi connectivity index (χ1) is 14.7. The highest BCUT2D eigenvalue weighted by molar-refractivity contribution is 5.94. The Labute approximate surface area is 176 Å². The Bertz CT molecular complexity index is 1010. The standard InChI is InChI=1S/C22H21F3N2O4/c23-22(24,25)31-18-5-1-14(2-6-18)13-27(30)19(28)16-4-3-15-7-8-21(12-17(15)11-16)9-10-26-20(21)29/h1-6,11,30H,7-10,12-13H2,(H,26,29)/t21-/m0/s1. The SMILES string of the molecule is O=C(c1ccc2c(c1)C[C@@]1(CCNC1=O)CC2)N(O)Cc1ccc(OC(F)(F)F)cc1. The van der Waals surface area contributed by atoms with E-state index in [9.17, 15) is 28.0 Å². The molecular formula is C22H21F3N2O4. The number of hydrogen-bond acceptors (Lipinski definition) is 4. The molecule has 9 heteroatoms. The Morgan fingerprint density at radius 1 is 1.13 bits per heavy atom. The summed E-state index contributed by atoms with van der Waals surface area (Å²) in [5, 5.41) is 13.6. The number of benzene rings is 2. The molecule has 0 aromatic heterocycles. The Hall–Kier alpha value is -3.07. The Kier molecular flexibility index (Phi) is 5.38. The zero-order valence-electron chi connectivity index (χ0n) is 16.5. The third-order valence-corrected chi connectivity index (χ3v) is 5.95. The lowest BCUT2D eigenvalue weighted by Crippen LogP contribution is -2.36. The maximum absolute atomic E-state index is 12.7. The van der Waals surface area contributed by atoms with Crippen LogP contribution in [0.15, 0.2) is 42.5 Å². The maximum atomic E-state index is 12.7. The van der Waals surface area contributed by atoms with E-state index in [1.165, 1.54) is 12.1 Å². The smallest absolute Gasteiger partial charge is 0.406 e. The van der Waals surface area contributed by atoms with Crippen molar-refractivity contribution < 1.29 is 32.7 Å². The minimum absolute atomic E-state index is 0.0524. The molecule has 0 saturated carbocycles. The molecule has 4 rings (SSSR count). The predicted molar refractivity (Wildman–Crippen MR) is 103 cm³/mol. The summed E-state index contributed by atoms with van der Waals surface area (Å²) in [4.78, 5) is 25.0. The van der Waals surface area contributed by atoms with Crippen LogP contribution >= 0.6 is 0 Å². The van der Waals surface area contributed by atoms with Crippen molar-refractivity contribution in [2.45, 2.75) is 38.6 Å². The number of hydroxylamine groups is 2. The zero-order valence-corrected chi connectivity index (χ0v) is 16.5. The van der Waals surface area contributed by atoms with Crippen molar-refractivity contribution in [3.8, 4) is 5.75 Å². The van der Waals surface area contributed by atoms with E-state index in [0.717, 1.165) is 42.5 Å².